The van der Waals surface area contributed by atoms with Gasteiger partial charge in [0.1, 0.15) is 0 Å². The van der Waals surface area contributed by atoms with E-state index >= 15 is 0 Å². The summed E-state index contributed by atoms with van der Waals surface area (Å²) in [5, 5.41) is 5.04. The second-order valence-corrected chi connectivity index (χ2v) is 6.19. The third-order valence-electron chi connectivity index (χ3n) is 4.42. The predicted molar refractivity (Wildman–Crippen MR) is 81.9 cm³/mol. The summed E-state index contributed by atoms with van der Waals surface area (Å²) in [5.74, 6) is 0.595. The third-order valence-corrected chi connectivity index (χ3v) is 4.42. The van der Waals surface area contributed by atoms with E-state index in [0.29, 0.717) is 12.0 Å². The first kappa shape index (κ1) is 12.7. The molecule has 2 N–H and O–H groups in total. The Labute approximate surface area is 115 Å². The summed E-state index contributed by atoms with van der Waals surface area (Å²) in [7, 11) is 0. The van der Waals surface area contributed by atoms with Crippen LogP contribution >= 0.6 is 0 Å². The van der Waals surface area contributed by atoms with Crippen molar-refractivity contribution in [3.8, 4) is 0 Å². The molecule has 1 fully saturated rings. The molecule has 0 bridgehead atoms. The van der Waals surface area contributed by atoms with Crippen LogP contribution in [0.1, 0.15) is 49.4 Å². The van der Waals surface area contributed by atoms with E-state index in [2.05, 4.69) is 49.3 Å². The predicted octanol–water partition coefficient (Wildman–Crippen LogP) is 3.89. The summed E-state index contributed by atoms with van der Waals surface area (Å²) in [6, 6.07) is 7.54. The van der Waals surface area contributed by atoms with E-state index in [-0.39, 0.29) is 0 Å². The van der Waals surface area contributed by atoms with Crippen LogP contribution in [0.4, 0.5) is 0 Å². The van der Waals surface area contributed by atoms with E-state index in [9.17, 15) is 0 Å². The number of H-pyrrole nitrogens is 1. The minimum atomic E-state index is 0.595. The fourth-order valence-corrected chi connectivity index (χ4v) is 3.20. The molecular weight excluding hydrogens is 232 g/mol. The van der Waals surface area contributed by atoms with Gasteiger partial charge in [0.15, 0.2) is 0 Å². The van der Waals surface area contributed by atoms with E-state index in [1.165, 1.54) is 47.1 Å². The number of fused-ring (bicyclic) bond motifs is 1. The zero-order chi connectivity index (χ0) is 13.4. The first-order valence-electron chi connectivity index (χ1n) is 7.49. The molecule has 0 amide bonds. The van der Waals surface area contributed by atoms with E-state index in [1.807, 2.05) is 0 Å². The number of aromatic nitrogens is 1. The zero-order valence-corrected chi connectivity index (χ0v) is 12.2. The fourth-order valence-electron chi connectivity index (χ4n) is 3.20. The van der Waals surface area contributed by atoms with Crippen molar-refractivity contribution in [2.45, 2.75) is 52.0 Å². The Hall–Kier alpha value is -1.28. The van der Waals surface area contributed by atoms with E-state index in [1.54, 1.807) is 0 Å². The van der Waals surface area contributed by atoms with Gasteiger partial charge >= 0.3 is 0 Å². The molecule has 0 radical (unpaired) electrons. The molecule has 0 aliphatic carbocycles. The Morgan fingerprint density at radius 1 is 1.32 bits per heavy atom. The highest BCUT2D eigenvalue weighted by atomic mass is 14.9. The molecule has 2 aromatic rings. The smallest absolute Gasteiger partial charge is 0.0459 e. The average Bonchev–Trinajstić information content (AvgIpc) is 2.98. The standard InChI is InChI=1S/C17H24N2/c1-11(2)13-6-7-17-16(9-13)15(12(3)19-17)10-14-5-4-8-18-14/h6-7,9,11,14,18-19H,4-5,8,10H2,1-3H3/t14-/m1/s1. The Kier molecular flexibility index (Phi) is 3.36. The van der Waals surface area contributed by atoms with Gasteiger partial charge in [0.05, 0.1) is 0 Å². The molecule has 3 rings (SSSR count). The van der Waals surface area contributed by atoms with Crippen LogP contribution < -0.4 is 5.32 Å². The fraction of sp³-hybridized carbons (Fsp3) is 0.529. The van der Waals surface area contributed by atoms with Crippen LogP contribution in [-0.4, -0.2) is 17.6 Å². The Bertz CT molecular complexity index is 574. The minimum absolute atomic E-state index is 0.595. The summed E-state index contributed by atoms with van der Waals surface area (Å²) in [4.78, 5) is 3.54. The highest BCUT2D eigenvalue weighted by Gasteiger charge is 2.18. The van der Waals surface area contributed by atoms with Gasteiger partial charge in [-0.3, -0.25) is 0 Å². The molecule has 1 aromatic heterocycles. The van der Waals surface area contributed by atoms with Crippen molar-refractivity contribution in [3.05, 3.63) is 35.0 Å². The second kappa shape index (κ2) is 5.01. The van der Waals surface area contributed by atoms with Gasteiger partial charge in [0, 0.05) is 22.6 Å². The van der Waals surface area contributed by atoms with Crippen LogP contribution in [0.25, 0.3) is 10.9 Å². The number of aryl methyl sites for hydroxylation is 1. The van der Waals surface area contributed by atoms with Crippen LogP contribution in [0.15, 0.2) is 18.2 Å². The van der Waals surface area contributed by atoms with Gasteiger partial charge in [0.2, 0.25) is 0 Å². The maximum absolute atomic E-state index is 3.61. The molecule has 1 aliphatic rings. The number of rotatable bonds is 3. The first-order chi connectivity index (χ1) is 9.15. The first-order valence-corrected chi connectivity index (χ1v) is 7.49. The Morgan fingerprint density at radius 2 is 2.16 bits per heavy atom. The van der Waals surface area contributed by atoms with Crippen molar-refractivity contribution in [3.63, 3.8) is 0 Å². The third kappa shape index (κ3) is 2.42. The normalized spacial score (nSPS) is 19.7. The lowest BCUT2D eigenvalue weighted by Gasteiger charge is -2.11. The Balaban J connectivity index is 2.00. The molecule has 0 saturated carbocycles. The van der Waals surface area contributed by atoms with E-state index in [0.717, 1.165) is 6.42 Å². The van der Waals surface area contributed by atoms with E-state index in [4.69, 9.17) is 0 Å². The monoisotopic (exact) mass is 256 g/mol. The topological polar surface area (TPSA) is 27.8 Å². The van der Waals surface area contributed by atoms with Crippen molar-refractivity contribution in [2.75, 3.05) is 6.54 Å². The minimum Gasteiger partial charge on any atom is -0.358 e. The molecule has 2 nitrogen and oxygen atoms in total. The maximum Gasteiger partial charge on any atom is 0.0459 e. The number of nitrogens with one attached hydrogen (secondary N) is 2. The van der Waals surface area contributed by atoms with Crippen molar-refractivity contribution in [2.24, 2.45) is 0 Å². The highest BCUT2D eigenvalue weighted by molar-refractivity contribution is 5.85. The molecule has 0 spiro atoms. The maximum atomic E-state index is 3.61. The molecule has 0 unspecified atom stereocenters. The van der Waals surface area contributed by atoms with Crippen LogP contribution in [0.5, 0.6) is 0 Å². The number of aromatic amines is 1. The number of benzene rings is 1. The summed E-state index contributed by atoms with van der Waals surface area (Å²) in [6.07, 6.45) is 3.80. The number of hydrogen-bond acceptors (Lipinski definition) is 1. The van der Waals surface area contributed by atoms with Crippen LogP contribution in [0.3, 0.4) is 0 Å². The molecular formula is C17H24N2. The molecule has 1 aliphatic heterocycles. The lowest BCUT2D eigenvalue weighted by molar-refractivity contribution is 0.603. The van der Waals surface area contributed by atoms with E-state index < -0.39 is 0 Å². The summed E-state index contributed by atoms with van der Waals surface area (Å²) >= 11 is 0. The Morgan fingerprint density at radius 3 is 2.84 bits per heavy atom. The van der Waals surface area contributed by atoms with Gasteiger partial charge in [-0.25, -0.2) is 0 Å². The van der Waals surface area contributed by atoms with Gasteiger partial charge in [-0.05, 0) is 61.9 Å². The molecule has 1 saturated heterocycles. The number of hydrogen-bond donors (Lipinski definition) is 2. The largest absolute Gasteiger partial charge is 0.358 e. The van der Waals surface area contributed by atoms with Gasteiger partial charge in [0.25, 0.3) is 0 Å². The molecule has 1 aromatic carbocycles. The van der Waals surface area contributed by atoms with Crippen molar-refractivity contribution in [1.29, 1.82) is 0 Å². The summed E-state index contributed by atoms with van der Waals surface area (Å²) < 4.78 is 0. The van der Waals surface area contributed by atoms with Gasteiger partial charge in [-0.1, -0.05) is 19.9 Å². The van der Waals surface area contributed by atoms with Gasteiger partial charge in [-0.2, -0.15) is 0 Å². The van der Waals surface area contributed by atoms with Crippen LogP contribution in [0.2, 0.25) is 0 Å². The SMILES string of the molecule is Cc1[nH]c2ccc(C(C)C)cc2c1C[C@H]1CCCN1. The second-order valence-electron chi connectivity index (χ2n) is 6.19. The molecule has 102 valence electrons. The zero-order valence-electron chi connectivity index (χ0n) is 12.2. The molecule has 1 atom stereocenters. The summed E-state index contributed by atoms with van der Waals surface area (Å²) in [5.41, 5.74) is 5.57. The van der Waals surface area contributed by atoms with Crippen LogP contribution in [0, 0.1) is 6.92 Å². The van der Waals surface area contributed by atoms with Crippen molar-refractivity contribution in [1.82, 2.24) is 10.3 Å². The lowest BCUT2D eigenvalue weighted by Crippen LogP contribution is -2.23. The quantitative estimate of drug-likeness (QED) is 0.856. The molecule has 2 heterocycles. The van der Waals surface area contributed by atoms with Gasteiger partial charge in [-0.15, -0.1) is 0 Å². The molecule has 19 heavy (non-hydrogen) atoms. The van der Waals surface area contributed by atoms with Crippen molar-refractivity contribution < 1.29 is 0 Å². The highest BCUT2D eigenvalue weighted by Crippen LogP contribution is 2.28. The average molecular weight is 256 g/mol. The van der Waals surface area contributed by atoms with Gasteiger partial charge < -0.3 is 10.3 Å². The summed E-state index contributed by atoms with van der Waals surface area (Å²) in [6.45, 7) is 7.92. The van der Waals surface area contributed by atoms with Crippen LogP contribution in [-0.2, 0) is 6.42 Å². The lowest BCUT2D eigenvalue weighted by atomic mass is 9.97. The van der Waals surface area contributed by atoms with Crippen molar-refractivity contribution >= 4 is 10.9 Å². The molecule has 2 heteroatoms.